The molecule has 3 heteroatoms. The van der Waals surface area contributed by atoms with E-state index in [1.54, 1.807) is 7.11 Å². The first-order valence-corrected chi connectivity index (χ1v) is 5.74. The number of aliphatic hydroxyl groups is 1. The van der Waals surface area contributed by atoms with Crippen LogP contribution < -0.4 is 10.1 Å². The molecule has 0 saturated heterocycles. The van der Waals surface area contributed by atoms with Gasteiger partial charge in [-0.05, 0) is 37.6 Å². The summed E-state index contributed by atoms with van der Waals surface area (Å²) < 4.78 is 5.08. The number of benzene rings is 1. The third-order valence-electron chi connectivity index (χ3n) is 2.65. The van der Waals surface area contributed by atoms with Crippen LogP contribution in [0.1, 0.15) is 31.9 Å². The summed E-state index contributed by atoms with van der Waals surface area (Å²) in [4.78, 5) is 0. The Bertz CT molecular complexity index is 297. The van der Waals surface area contributed by atoms with Crippen molar-refractivity contribution in [1.82, 2.24) is 5.32 Å². The molecule has 3 nitrogen and oxygen atoms in total. The zero-order valence-corrected chi connectivity index (χ0v) is 10.2. The maximum Gasteiger partial charge on any atom is 0.118 e. The Morgan fingerprint density at radius 1 is 1.31 bits per heavy atom. The third kappa shape index (κ3) is 3.51. The molecule has 1 rings (SSSR count). The van der Waals surface area contributed by atoms with E-state index >= 15 is 0 Å². The molecule has 0 amide bonds. The van der Waals surface area contributed by atoms with Gasteiger partial charge in [0.1, 0.15) is 5.75 Å². The first-order chi connectivity index (χ1) is 7.69. The monoisotopic (exact) mass is 223 g/mol. The summed E-state index contributed by atoms with van der Waals surface area (Å²) in [5.74, 6) is 0.810. The first kappa shape index (κ1) is 13.0. The van der Waals surface area contributed by atoms with Crippen LogP contribution in [0.4, 0.5) is 0 Å². The molecular formula is C13H21NO2. The molecule has 0 bridgehead atoms. The van der Waals surface area contributed by atoms with Crippen LogP contribution >= 0.6 is 0 Å². The number of nitrogens with one attached hydrogen (secondary N) is 1. The van der Waals surface area contributed by atoms with Gasteiger partial charge in [-0.15, -0.1) is 0 Å². The second-order valence-corrected chi connectivity index (χ2v) is 3.96. The molecule has 0 aliphatic rings. The highest BCUT2D eigenvalue weighted by Gasteiger charge is 2.15. The smallest absolute Gasteiger partial charge is 0.118 e. The fourth-order valence-electron chi connectivity index (χ4n) is 1.57. The number of hydrogen-bond donors (Lipinski definition) is 2. The van der Waals surface area contributed by atoms with Crippen molar-refractivity contribution in [2.75, 3.05) is 13.7 Å². The van der Waals surface area contributed by atoms with Crippen LogP contribution in [0.5, 0.6) is 5.75 Å². The van der Waals surface area contributed by atoms with Gasteiger partial charge in [0.05, 0.1) is 13.2 Å². The fourth-order valence-corrected chi connectivity index (χ4v) is 1.57. The van der Waals surface area contributed by atoms with E-state index in [0.717, 1.165) is 24.3 Å². The van der Waals surface area contributed by atoms with E-state index in [4.69, 9.17) is 4.74 Å². The maximum atomic E-state index is 10.1. The Kier molecular flexibility index (Phi) is 5.29. The summed E-state index contributed by atoms with van der Waals surface area (Å²) in [5.41, 5.74) is 0.914. The van der Waals surface area contributed by atoms with Gasteiger partial charge >= 0.3 is 0 Å². The van der Waals surface area contributed by atoms with Gasteiger partial charge in [-0.3, -0.25) is 0 Å². The molecule has 2 N–H and O–H groups in total. The minimum atomic E-state index is -0.475. The van der Waals surface area contributed by atoms with E-state index in [1.807, 2.05) is 31.2 Å². The lowest BCUT2D eigenvalue weighted by Crippen LogP contribution is -2.32. The van der Waals surface area contributed by atoms with Crippen molar-refractivity contribution in [2.24, 2.45) is 0 Å². The second-order valence-electron chi connectivity index (χ2n) is 3.96. The molecule has 1 aromatic rings. The van der Waals surface area contributed by atoms with E-state index in [-0.39, 0.29) is 6.04 Å². The average molecular weight is 223 g/mol. The molecule has 0 radical (unpaired) electrons. The first-order valence-electron chi connectivity index (χ1n) is 5.74. The Labute approximate surface area is 97.4 Å². The Balaban J connectivity index is 2.60. The lowest BCUT2D eigenvalue weighted by molar-refractivity contribution is 0.136. The van der Waals surface area contributed by atoms with E-state index in [0.29, 0.717) is 0 Å². The number of ether oxygens (including phenoxy) is 1. The van der Waals surface area contributed by atoms with Crippen molar-refractivity contribution >= 4 is 0 Å². The van der Waals surface area contributed by atoms with Crippen molar-refractivity contribution in [3.05, 3.63) is 29.8 Å². The van der Waals surface area contributed by atoms with E-state index < -0.39 is 6.10 Å². The molecule has 90 valence electrons. The topological polar surface area (TPSA) is 41.5 Å². The normalized spacial score (nSPS) is 14.5. The van der Waals surface area contributed by atoms with Crippen molar-refractivity contribution in [3.8, 4) is 5.75 Å². The van der Waals surface area contributed by atoms with Crippen molar-refractivity contribution in [1.29, 1.82) is 0 Å². The molecule has 2 unspecified atom stereocenters. The molecule has 2 atom stereocenters. The minimum Gasteiger partial charge on any atom is -0.497 e. The Morgan fingerprint density at radius 2 is 1.94 bits per heavy atom. The summed E-state index contributed by atoms with van der Waals surface area (Å²) in [6, 6.07) is 7.59. The molecule has 1 aromatic carbocycles. The summed E-state index contributed by atoms with van der Waals surface area (Å²) >= 11 is 0. The van der Waals surface area contributed by atoms with Gasteiger partial charge in [0.15, 0.2) is 0 Å². The highest BCUT2D eigenvalue weighted by molar-refractivity contribution is 5.28. The highest BCUT2D eigenvalue weighted by atomic mass is 16.5. The molecule has 0 aromatic heterocycles. The number of hydrogen-bond acceptors (Lipinski definition) is 3. The summed E-state index contributed by atoms with van der Waals surface area (Å²) in [6.07, 6.45) is 0.595. The van der Waals surface area contributed by atoms with Crippen LogP contribution in [0.3, 0.4) is 0 Å². The number of rotatable bonds is 6. The summed E-state index contributed by atoms with van der Waals surface area (Å²) in [7, 11) is 1.64. The molecule has 0 spiro atoms. The third-order valence-corrected chi connectivity index (χ3v) is 2.65. The molecule has 0 heterocycles. The van der Waals surface area contributed by atoms with Gasteiger partial charge in [0.2, 0.25) is 0 Å². The zero-order valence-electron chi connectivity index (χ0n) is 10.2. The number of aliphatic hydroxyl groups excluding tert-OH is 1. The molecular weight excluding hydrogens is 202 g/mol. The average Bonchev–Trinajstić information content (AvgIpc) is 2.35. The van der Waals surface area contributed by atoms with Crippen molar-refractivity contribution in [3.63, 3.8) is 0 Å². The van der Waals surface area contributed by atoms with Gasteiger partial charge in [-0.1, -0.05) is 19.1 Å². The summed E-state index contributed by atoms with van der Waals surface area (Å²) in [6.45, 7) is 5.03. The lowest BCUT2D eigenvalue weighted by Gasteiger charge is -2.20. The summed E-state index contributed by atoms with van der Waals surface area (Å²) in [5, 5.41) is 13.4. The lowest BCUT2D eigenvalue weighted by atomic mass is 10.0. The van der Waals surface area contributed by atoms with Gasteiger partial charge in [0, 0.05) is 6.04 Å². The predicted octanol–water partition coefficient (Wildman–Crippen LogP) is 2.12. The van der Waals surface area contributed by atoms with Gasteiger partial charge in [-0.25, -0.2) is 0 Å². The van der Waals surface area contributed by atoms with Crippen LogP contribution in [0.2, 0.25) is 0 Å². The largest absolute Gasteiger partial charge is 0.497 e. The molecule has 16 heavy (non-hydrogen) atoms. The Hall–Kier alpha value is -1.06. The van der Waals surface area contributed by atoms with Gasteiger partial charge in [-0.2, -0.15) is 0 Å². The Morgan fingerprint density at radius 3 is 2.44 bits per heavy atom. The minimum absolute atomic E-state index is 0.0633. The van der Waals surface area contributed by atoms with Crippen molar-refractivity contribution in [2.45, 2.75) is 32.4 Å². The van der Waals surface area contributed by atoms with Gasteiger partial charge < -0.3 is 15.2 Å². The SMILES string of the molecule is CCCNC(C)C(O)c1ccc(OC)cc1. The fraction of sp³-hybridized carbons (Fsp3) is 0.538. The maximum absolute atomic E-state index is 10.1. The number of methoxy groups -OCH3 is 1. The predicted molar refractivity (Wildman–Crippen MR) is 65.7 cm³/mol. The van der Waals surface area contributed by atoms with Gasteiger partial charge in [0.25, 0.3) is 0 Å². The van der Waals surface area contributed by atoms with E-state index in [2.05, 4.69) is 12.2 Å². The van der Waals surface area contributed by atoms with E-state index in [9.17, 15) is 5.11 Å². The van der Waals surface area contributed by atoms with Crippen LogP contribution in [-0.4, -0.2) is 24.8 Å². The molecule has 0 aliphatic carbocycles. The highest BCUT2D eigenvalue weighted by Crippen LogP contribution is 2.19. The van der Waals surface area contributed by atoms with Crippen LogP contribution in [0, 0.1) is 0 Å². The second kappa shape index (κ2) is 6.51. The van der Waals surface area contributed by atoms with Crippen LogP contribution in [0.15, 0.2) is 24.3 Å². The van der Waals surface area contributed by atoms with Crippen LogP contribution in [0.25, 0.3) is 0 Å². The molecule has 0 aliphatic heterocycles. The molecule has 0 fully saturated rings. The van der Waals surface area contributed by atoms with E-state index in [1.165, 1.54) is 0 Å². The molecule has 0 saturated carbocycles. The zero-order chi connectivity index (χ0) is 12.0. The van der Waals surface area contributed by atoms with Crippen LogP contribution in [-0.2, 0) is 0 Å². The standard InChI is InChI=1S/C13H21NO2/c1-4-9-14-10(2)13(15)11-5-7-12(16-3)8-6-11/h5-8,10,13-15H,4,9H2,1-3H3. The van der Waals surface area contributed by atoms with Crippen molar-refractivity contribution < 1.29 is 9.84 Å². The quantitative estimate of drug-likeness (QED) is 0.776.